The number of carbonyl (C=O) groups is 4. The highest BCUT2D eigenvalue weighted by molar-refractivity contribution is 5.93. The molecule has 0 fully saturated rings. The second-order valence-electron chi connectivity index (χ2n) is 10.7. The van der Waals surface area contributed by atoms with Gasteiger partial charge >= 0.3 is 0 Å². The highest BCUT2D eigenvalue weighted by Gasteiger charge is 2.30. The third kappa shape index (κ3) is 12.1. The molecule has 0 saturated heterocycles. The van der Waals surface area contributed by atoms with E-state index in [0.29, 0.717) is 12.8 Å². The Balaban J connectivity index is 2.11. The number of hydrogen-bond donors (Lipinski definition) is 4. The Bertz CT molecular complexity index is 1060. The monoisotopic (exact) mass is 538 g/mol. The summed E-state index contributed by atoms with van der Waals surface area (Å²) in [5.74, 6) is -2.41. The second-order valence-corrected chi connectivity index (χ2v) is 10.7. The molecule has 2 rings (SSSR count). The molecule has 0 aliphatic heterocycles. The van der Waals surface area contributed by atoms with Gasteiger partial charge in [-0.05, 0) is 35.8 Å². The van der Waals surface area contributed by atoms with Crippen molar-refractivity contribution in [2.24, 2.45) is 23.5 Å². The van der Waals surface area contributed by atoms with Crippen molar-refractivity contribution in [2.75, 3.05) is 0 Å². The topological polar surface area (TPSA) is 140 Å². The Morgan fingerprint density at radius 1 is 0.744 bits per heavy atom. The van der Waals surface area contributed by atoms with Crippen LogP contribution in [0.4, 0.5) is 0 Å². The molecule has 5 N–H and O–H groups in total. The van der Waals surface area contributed by atoms with E-state index in [2.05, 4.69) is 16.1 Å². The molecule has 0 aromatic heterocycles. The minimum atomic E-state index is -0.957. The van der Waals surface area contributed by atoms with E-state index in [4.69, 9.17) is 10.6 Å². The van der Waals surface area contributed by atoms with Crippen LogP contribution < -0.4 is 21.8 Å². The molecule has 0 aliphatic rings. The summed E-state index contributed by atoms with van der Waals surface area (Å²) in [6, 6.07) is 16.8. The van der Waals surface area contributed by atoms with E-state index in [0.717, 1.165) is 11.1 Å². The van der Waals surface area contributed by atoms with Crippen LogP contribution in [0, 0.1) is 17.8 Å². The van der Waals surface area contributed by atoms with Gasteiger partial charge in [-0.25, -0.2) is 5.48 Å². The summed E-state index contributed by atoms with van der Waals surface area (Å²) in [6.07, 6.45) is 0.934. The molecule has 0 radical (unpaired) electrons. The summed E-state index contributed by atoms with van der Waals surface area (Å²) in [7, 11) is 0. The fourth-order valence-corrected chi connectivity index (χ4v) is 4.23. The average Bonchev–Trinajstić information content (AvgIpc) is 2.88. The van der Waals surface area contributed by atoms with Crippen molar-refractivity contribution < 1.29 is 24.0 Å². The summed E-state index contributed by atoms with van der Waals surface area (Å²) in [5.41, 5.74) is 9.67. The van der Waals surface area contributed by atoms with Gasteiger partial charge in [0.25, 0.3) is 0 Å². The Morgan fingerprint density at radius 2 is 1.28 bits per heavy atom. The van der Waals surface area contributed by atoms with Gasteiger partial charge in [-0.1, -0.05) is 88.4 Å². The van der Waals surface area contributed by atoms with E-state index in [9.17, 15) is 19.2 Å². The zero-order valence-electron chi connectivity index (χ0n) is 23.3. The predicted octanol–water partition coefficient (Wildman–Crippen LogP) is 3.03. The van der Waals surface area contributed by atoms with Gasteiger partial charge in [0.05, 0.1) is 6.61 Å². The van der Waals surface area contributed by atoms with Gasteiger partial charge in [0.15, 0.2) is 0 Å². The van der Waals surface area contributed by atoms with Gasteiger partial charge in [-0.2, -0.15) is 0 Å². The predicted molar refractivity (Wildman–Crippen MR) is 150 cm³/mol. The molecule has 0 heterocycles. The van der Waals surface area contributed by atoms with E-state index in [1.165, 1.54) is 0 Å². The lowest BCUT2D eigenvalue weighted by atomic mass is 9.92. The van der Waals surface area contributed by atoms with E-state index < -0.39 is 41.6 Å². The van der Waals surface area contributed by atoms with E-state index >= 15 is 0 Å². The summed E-state index contributed by atoms with van der Waals surface area (Å²) in [5, 5.41) is 5.54. The van der Waals surface area contributed by atoms with Crippen molar-refractivity contribution in [3.05, 3.63) is 71.8 Å². The van der Waals surface area contributed by atoms with Crippen LogP contribution in [0.2, 0.25) is 0 Å². The molecule has 0 bridgehead atoms. The highest BCUT2D eigenvalue weighted by atomic mass is 16.6. The first-order valence-electron chi connectivity index (χ1n) is 13.4. The molecule has 3 atom stereocenters. The number of benzene rings is 2. The lowest BCUT2D eigenvalue weighted by Gasteiger charge is -2.25. The van der Waals surface area contributed by atoms with Gasteiger partial charge in [0.2, 0.25) is 23.6 Å². The number of hydrogen-bond acceptors (Lipinski definition) is 5. The summed E-state index contributed by atoms with van der Waals surface area (Å²) in [6.45, 7) is 7.97. The van der Waals surface area contributed by atoms with Gasteiger partial charge in [-0.15, -0.1) is 0 Å². The third-order valence-corrected chi connectivity index (χ3v) is 6.11. The molecule has 9 heteroatoms. The molecule has 0 spiro atoms. The fraction of sp³-hybridized carbons (Fsp3) is 0.467. The second kappa shape index (κ2) is 16.3. The molecule has 0 aliphatic carbocycles. The first kappa shape index (κ1) is 31.5. The van der Waals surface area contributed by atoms with Crippen molar-refractivity contribution in [1.29, 1.82) is 0 Å². The molecular weight excluding hydrogens is 496 g/mol. The van der Waals surface area contributed by atoms with Gasteiger partial charge in [-0.3, -0.25) is 24.0 Å². The van der Waals surface area contributed by atoms with Crippen LogP contribution in [0.15, 0.2) is 60.7 Å². The molecule has 4 amide bonds. The summed E-state index contributed by atoms with van der Waals surface area (Å²) >= 11 is 0. The molecule has 9 nitrogen and oxygen atoms in total. The largest absolute Gasteiger partial charge is 0.368 e. The van der Waals surface area contributed by atoms with E-state index in [1.54, 1.807) is 0 Å². The van der Waals surface area contributed by atoms with Crippen molar-refractivity contribution in [3.63, 3.8) is 0 Å². The molecule has 1 unspecified atom stereocenters. The number of nitrogens with two attached hydrogens (primary N) is 1. The SMILES string of the molecule is CC(C)CC(CC(=O)NOCc1ccccc1)C(=O)N[C@@H](Cc1ccccc1)C(=O)N[C@@H](CC(C)C)C(N)=O. The standard InChI is InChI=1S/C30H42N4O5/c1-20(2)15-24(18-27(35)34-39-19-23-13-9-6-10-14-23)29(37)33-26(17-22-11-7-5-8-12-22)30(38)32-25(28(31)36)16-21(3)4/h5-14,20-21,24-26H,15-19H2,1-4H3,(H2,31,36)(H,32,38)(H,33,37)(H,34,35)/t24?,25-,26-/m0/s1. The quantitative estimate of drug-likeness (QED) is 0.243. The lowest BCUT2D eigenvalue weighted by molar-refractivity contribution is -0.140. The smallest absolute Gasteiger partial charge is 0.244 e. The third-order valence-electron chi connectivity index (χ3n) is 6.11. The van der Waals surface area contributed by atoms with Crippen molar-refractivity contribution in [2.45, 2.75) is 72.1 Å². The van der Waals surface area contributed by atoms with Crippen LogP contribution in [0.5, 0.6) is 0 Å². The number of primary amides is 1. The first-order valence-corrected chi connectivity index (χ1v) is 13.4. The molecule has 212 valence electrons. The van der Waals surface area contributed by atoms with Crippen LogP contribution in [0.25, 0.3) is 0 Å². The molecular formula is C30H42N4O5. The van der Waals surface area contributed by atoms with Gasteiger partial charge < -0.3 is 16.4 Å². The minimum Gasteiger partial charge on any atom is -0.368 e. The summed E-state index contributed by atoms with van der Waals surface area (Å²) < 4.78 is 0. The molecule has 39 heavy (non-hydrogen) atoms. The number of hydroxylamine groups is 1. The van der Waals surface area contributed by atoms with Crippen LogP contribution >= 0.6 is 0 Å². The fourth-order valence-electron chi connectivity index (χ4n) is 4.23. The number of rotatable bonds is 16. The molecule has 2 aromatic rings. The normalized spacial score (nSPS) is 13.4. The maximum absolute atomic E-state index is 13.4. The minimum absolute atomic E-state index is 0.101. The number of carbonyl (C=O) groups excluding carboxylic acids is 4. The lowest BCUT2D eigenvalue weighted by Crippen LogP contribution is -2.55. The van der Waals surface area contributed by atoms with Crippen molar-refractivity contribution >= 4 is 23.6 Å². The Kier molecular flexibility index (Phi) is 13.2. The van der Waals surface area contributed by atoms with Crippen LogP contribution in [0.1, 0.15) is 58.1 Å². The zero-order chi connectivity index (χ0) is 28.8. The Labute approximate surface area is 231 Å². The van der Waals surface area contributed by atoms with Crippen LogP contribution in [0.3, 0.4) is 0 Å². The maximum atomic E-state index is 13.4. The molecule has 0 saturated carbocycles. The van der Waals surface area contributed by atoms with Gasteiger partial charge in [0, 0.05) is 18.8 Å². The number of amides is 4. The van der Waals surface area contributed by atoms with Crippen LogP contribution in [-0.4, -0.2) is 35.7 Å². The average molecular weight is 539 g/mol. The van der Waals surface area contributed by atoms with E-state index in [1.807, 2.05) is 88.4 Å². The highest BCUT2D eigenvalue weighted by Crippen LogP contribution is 2.17. The van der Waals surface area contributed by atoms with Crippen LogP contribution in [-0.2, 0) is 37.0 Å². The van der Waals surface area contributed by atoms with Gasteiger partial charge in [0.1, 0.15) is 12.1 Å². The Morgan fingerprint density at radius 3 is 1.82 bits per heavy atom. The first-order chi connectivity index (χ1) is 18.5. The maximum Gasteiger partial charge on any atom is 0.244 e. The van der Waals surface area contributed by atoms with E-state index in [-0.39, 0.29) is 31.3 Å². The Hall–Kier alpha value is -3.72. The van der Waals surface area contributed by atoms with Crippen molar-refractivity contribution in [3.8, 4) is 0 Å². The zero-order valence-corrected chi connectivity index (χ0v) is 23.3. The summed E-state index contributed by atoms with van der Waals surface area (Å²) in [4.78, 5) is 56.6. The number of nitrogens with one attached hydrogen (secondary N) is 3. The van der Waals surface area contributed by atoms with Crippen molar-refractivity contribution in [1.82, 2.24) is 16.1 Å². The molecule has 2 aromatic carbocycles.